The first-order valence-corrected chi connectivity index (χ1v) is 5.50. The third-order valence-corrected chi connectivity index (χ3v) is 3.60. The maximum atomic E-state index is 11.5. The number of rotatable bonds is 0. The van der Waals surface area contributed by atoms with Crippen LogP contribution in [-0.4, -0.2) is 9.97 Å². The highest BCUT2D eigenvalue weighted by molar-refractivity contribution is 7.25. The number of thiophene rings is 1. The number of aromatic amines is 1. The Hall–Kier alpha value is -1.39. The first kappa shape index (κ1) is 8.88. The summed E-state index contributed by atoms with van der Waals surface area (Å²) in [6.07, 6.45) is 1.42. The average Bonchev–Trinajstić information content (AvgIpc) is 2.57. The van der Waals surface area contributed by atoms with Crippen LogP contribution < -0.4 is 5.56 Å². The molecule has 5 heteroatoms. The van der Waals surface area contributed by atoms with Crippen LogP contribution in [0.15, 0.2) is 29.3 Å². The van der Waals surface area contributed by atoms with Crippen molar-refractivity contribution < 1.29 is 0 Å². The second kappa shape index (κ2) is 3.05. The molecule has 15 heavy (non-hydrogen) atoms. The Balaban J connectivity index is 2.63. The van der Waals surface area contributed by atoms with Gasteiger partial charge in [0.15, 0.2) is 0 Å². The Labute approximate surface area is 93.3 Å². The maximum Gasteiger partial charge on any atom is 0.268 e. The molecule has 74 valence electrons. The van der Waals surface area contributed by atoms with Gasteiger partial charge >= 0.3 is 0 Å². The lowest BCUT2D eigenvalue weighted by atomic mass is 10.2. The van der Waals surface area contributed by atoms with Gasteiger partial charge in [-0.3, -0.25) is 4.79 Å². The van der Waals surface area contributed by atoms with E-state index < -0.39 is 0 Å². The Morgan fingerprint density at radius 3 is 3.13 bits per heavy atom. The van der Waals surface area contributed by atoms with Crippen LogP contribution in [0.2, 0.25) is 5.02 Å². The number of hydrogen-bond acceptors (Lipinski definition) is 3. The van der Waals surface area contributed by atoms with Crippen LogP contribution in [0, 0.1) is 0 Å². The highest BCUT2D eigenvalue weighted by atomic mass is 35.5. The molecule has 0 aliphatic heterocycles. The molecule has 2 heterocycles. The van der Waals surface area contributed by atoms with Gasteiger partial charge in [-0.05, 0) is 18.2 Å². The average molecular weight is 237 g/mol. The molecule has 0 bridgehead atoms. The Kier molecular flexibility index (Phi) is 1.81. The predicted molar refractivity (Wildman–Crippen MR) is 62.8 cm³/mol. The number of nitrogens with zero attached hydrogens (tertiary/aromatic N) is 1. The van der Waals surface area contributed by atoms with Crippen molar-refractivity contribution in [1.82, 2.24) is 9.97 Å². The van der Waals surface area contributed by atoms with Crippen molar-refractivity contribution in [3.63, 3.8) is 0 Å². The quantitative estimate of drug-likeness (QED) is 0.652. The fraction of sp³-hybridized carbons (Fsp3) is 0. The number of halogens is 1. The zero-order chi connectivity index (χ0) is 10.4. The molecule has 1 aromatic carbocycles. The minimum Gasteiger partial charge on any atom is -0.312 e. The zero-order valence-electron chi connectivity index (χ0n) is 7.45. The molecule has 0 radical (unpaired) electrons. The molecule has 0 saturated heterocycles. The minimum atomic E-state index is -0.0997. The summed E-state index contributed by atoms with van der Waals surface area (Å²) >= 11 is 7.30. The molecule has 3 rings (SSSR count). The maximum absolute atomic E-state index is 11.5. The van der Waals surface area contributed by atoms with E-state index in [1.807, 2.05) is 12.1 Å². The van der Waals surface area contributed by atoms with Gasteiger partial charge in [-0.2, -0.15) is 0 Å². The topological polar surface area (TPSA) is 45.8 Å². The van der Waals surface area contributed by atoms with E-state index in [9.17, 15) is 4.79 Å². The van der Waals surface area contributed by atoms with Crippen molar-refractivity contribution >= 4 is 43.2 Å². The molecule has 2 aromatic heterocycles. The summed E-state index contributed by atoms with van der Waals surface area (Å²) in [6, 6.07) is 5.55. The van der Waals surface area contributed by atoms with Gasteiger partial charge in [-0.15, -0.1) is 11.3 Å². The number of nitrogens with one attached hydrogen (secondary N) is 1. The van der Waals surface area contributed by atoms with Crippen LogP contribution in [0.4, 0.5) is 0 Å². The van der Waals surface area contributed by atoms with Crippen molar-refractivity contribution in [3.05, 3.63) is 39.9 Å². The second-order valence-corrected chi connectivity index (χ2v) is 4.64. The molecule has 0 fully saturated rings. The fourth-order valence-electron chi connectivity index (χ4n) is 1.56. The van der Waals surface area contributed by atoms with E-state index in [0.29, 0.717) is 9.72 Å². The summed E-state index contributed by atoms with van der Waals surface area (Å²) in [7, 11) is 0. The first-order chi connectivity index (χ1) is 7.25. The summed E-state index contributed by atoms with van der Waals surface area (Å²) in [5.74, 6) is 0. The van der Waals surface area contributed by atoms with E-state index in [2.05, 4.69) is 9.97 Å². The van der Waals surface area contributed by atoms with Gasteiger partial charge in [0, 0.05) is 15.1 Å². The zero-order valence-corrected chi connectivity index (χ0v) is 9.02. The number of hydrogen-bond donors (Lipinski definition) is 1. The highest BCUT2D eigenvalue weighted by Gasteiger charge is 2.08. The Morgan fingerprint density at radius 2 is 2.27 bits per heavy atom. The lowest BCUT2D eigenvalue weighted by Gasteiger charge is -1.90. The van der Waals surface area contributed by atoms with Gasteiger partial charge in [-0.1, -0.05) is 11.6 Å². The smallest absolute Gasteiger partial charge is 0.268 e. The molecule has 0 amide bonds. The van der Waals surface area contributed by atoms with Crippen molar-refractivity contribution in [2.24, 2.45) is 0 Å². The highest BCUT2D eigenvalue weighted by Crippen LogP contribution is 2.31. The van der Waals surface area contributed by atoms with Crippen LogP contribution in [0.1, 0.15) is 0 Å². The number of H-pyrrole nitrogens is 1. The van der Waals surface area contributed by atoms with Crippen LogP contribution in [0.3, 0.4) is 0 Å². The Morgan fingerprint density at radius 1 is 1.40 bits per heavy atom. The fourth-order valence-corrected chi connectivity index (χ4v) is 2.89. The van der Waals surface area contributed by atoms with Gasteiger partial charge in [0.1, 0.15) is 4.70 Å². The number of fused-ring (bicyclic) bond motifs is 3. The lowest BCUT2D eigenvalue weighted by Crippen LogP contribution is -2.03. The van der Waals surface area contributed by atoms with Crippen molar-refractivity contribution in [1.29, 1.82) is 0 Å². The first-order valence-electron chi connectivity index (χ1n) is 4.31. The molecule has 0 aliphatic rings. The van der Waals surface area contributed by atoms with Crippen molar-refractivity contribution in [2.75, 3.05) is 0 Å². The molecule has 0 atom stereocenters. The SMILES string of the molecule is O=c1[nH]cnc2c1sc1cc(Cl)ccc12. The minimum absolute atomic E-state index is 0.0997. The van der Waals surface area contributed by atoms with Gasteiger partial charge in [0.2, 0.25) is 0 Å². The van der Waals surface area contributed by atoms with Crippen LogP contribution in [0.5, 0.6) is 0 Å². The molecule has 0 aliphatic carbocycles. The molecular weight excluding hydrogens is 232 g/mol. The molecule has 3 nitrogen and oxygen atoms in total. The van der Waals surface area contributed by atoms with Crippen molar-refractivity contribution in [2.45, 2.75) is 0 Å². The molecular formula is C10H5ClN2OS. The molecule has 0 saturated carbocycles. The van der Waals surface area contributed by atoms with E-state index in [-0.39, 0.29) is 5.56 Å². The summed E-state index contributed by atoms with van der Waals surface area (Å²) in [5.41, 5.74) is 0.646. The van der Waals surface area contributed by atoms with Gasteiger partial charge < -0.3 is 4.98 Å². The molecule has 0 unspecified atom stereocenters. The second-order valence-electron chi connectivity index (χ2n) is 3.15. The van der Waals surface area contributed by atoms with E-state index in [4.69, 9.17) is 11.6 Å². The van der Waals surface area contributed by atoms with E-state index in [0.717, 1.165) is 15.6 Å². The normalized spacial score (nSPS) is 11.3. The molecule has 0 spiro atoms. The summed E-state index contributed by atoms with van der Waals surface area (Å²) in [5, 5.41) is 1.65. The van der Waals surface area contributed by atoms with Crippen LogP contribution in [-0.2, 0) is 0 Å². The van der Waals surface area contributed by atoms with Crippen LogP contribution in [0.25, 0.3) is 20.3 Å². The predicted octanol–water partition coefficient (Wildman–Crippen LogP) is 2.79. The lowest BCUT2D eigenvalue weighted by molar-refractivity contribution is 1.18. The Bertz CT molecular complexity index is 716. The summed E-state index contributed by atoms with van der Waals surface area (Å²) in [4.78, 5) is 18.2. The molecule has 1 N–H and O–H groups in total. The van der Waals surface area contributed by atoms with E-state index in [1.165, 1.54) is 17.7 Å². The van der Waals surface area contributed by atoms with Gasteiger partial charge in [-0.25, -0.2) is 4.98 Å². The third kappa shape index (κ3) is 1.26. The van der Waals surface area contributed by atoms with Gasteiger partial charge in [0.25, 0.3) is 5.56 Å². The largest absolute Gasteiger partial charge is 0.312 e. The third-order valence-electron chi connectivity index (χ3n) is 2.22. The monoisotopic (exact) mass is 236 g/mol. The number of aromatic nitrogens is 2. The standard InChI is InChI=1S/C10H5ClN2OS/c11-5-1-2-6-7(3-5)15-9-8(6)12-4-13-10(9)14/h1-4H,(H,12,13,14). The van der Waals surface area contributed by atoms with Crippen molar-refractivity contribution in [3.8, 4) is 0 Å². The van der Waals surface area contributed by atoms with Crippen LogP contribution >= 0.6 is 22.9 Å². The summed E-state index contributed by atoms with van der Waals surface area (Å²) < 4.78 is 1.64. The van der Waals surface area contributed by atoms with Gasteiger partial charge in [0.05, 0.1) is 11.8 Å². The van der Waals surface area contributed by atoms with E-state index in [1.54, 1.807) is 6.07 Å². The van der Waals surface area contributed by atoms with E-state index >= 15 is 0 Å². The molecule has 3 aromatic rings. The summed E-state index contributed by atoms with van der Waals surface area (Å²) in [6.45, 7) is 0. The number of benzene rings is 1.